The van der Waals surface area contributed by atoms with E-state index in [1.165, 1.54) is 0 Å². The van der Waals surface area contributed by atoms with Gasteiger partial charge < -0.3 is 0 Å². The fraction of sp³-hybridized carbons (Fsp3) is 0.357. The Morgan fingerprint density at radius 2 is 1.78 bits per heavy atom. The molecule has 2 aromatic rings. The smallest absolute Gasteiger partial charge is 0.250 e. The van der Waals surface area contributed by atoms with Gasteiger partial charge in [-0.2, -0.15) is 9.99 Å². The third kappa shape index (κ3) is 3.34. The number of rotatable bonds is 4. The van der Waals surface area contributed by atoms with Crippen LogP contribution >= 0.6 is 0 Å². The van der Waals surface area contributed by atoms with Gasteiger partial charge in [0.05, 0.1) is 5.69 Å². The summed E-state index contributed by atoms with van der Waals surface area (Å²) in [6, 6.07) is 5.56. The Labute approximate surface area is 130 Å². The van der Waals surface area contributed by atoms with Gasteiger partial charge in [0.15, 0.2) is 0 Å². The van der Waals surface area contributed by atoms with Crippen molar-refractivity contribution in [2.75, 3.05) is 5.01 Å². The van der Waals surface area contributed by atoms with Crippen LogP contribution in [0, 0.1) is 0 Å². The van der Waals surface area contributed by atoms with Gasteiger partial charge in [-0.05, 0) is 24.0 Å². The molecule has 0 bridgehead atoms. The maximum absolute atomic E-state index is 12.5. The number of nitrogens with two attached hydrogens (primary N) is 1. The lowest BCUT2D eigenvalue weighted by atomic mass is 10.0. The number of nitrogens with zero attached hydrogens (tertiary/aromatic N) is 4. The summed E-state index contributed by atoms with van der Waals surface area (Å²) in [5, 5.41) is -0.592. The van der Waals surface area contributed by atoms with Gasteiger partial charge in [0, 0.05) is 0 Å². The predicted molar refractivity (Wildman–Crippen MR) is 79.1 cm³/mol. The number of alkyl halides is 3. The Morgan fingerprint density at radius 3 is 2.22 bits per heavy atom. The van der Waals surface area contributed by atoms with Crippen LogP contribution in [0.3, 0.4) is 0 Å². The molecule has 0 unspecified atom stereocenters. The highest BCUT2D eigenvalue weighted by molar-refractivity contribution is 5.48. The minimum atomic E-state index is -4.87. The minimum Gasteiger partial charge on any atom is -0.250 e. The van der Waals surface area contributed by atoms with Gasteiger partial charge >= 0.3 is 12.0 Å². The maximum Gasteiger partial charge on any atom is 0.501 e. The molecule has 1 aromatic heterocycles. The SMILES string of the molecule is CCc1cccc(CC)c1-n1cnc(N(N)C(F)(F)F)nc1=O. The van der Waals surface area contributed by atoms with Crippen molar-refractivity contribution in [3.8, 4) is 5.69 Å². The van der Waals surface area contributed by atoms with E-state index in [-0.39, 0.29) is 0 Å². The molecule has 1 aromatic carbocycles. The van der Waals surface area contributed by atoms with Crippen LogP contribution in [0.4, 0.5) is 19.1 Å². The molecule has 0 atom stereocenters. The van der Waals surface area contributed by atoms with Crippen LogP contribution in [-0.4, -0.2) is 20.8 Å². The average molecular weight is 327 g/mol. The molecule has 0 aliphatic carbocycles. The third-order valence-corrected chi connectivity index (χ3v) is 3.38. The first kappa shape index (κ1) is 16.9. The lowest BCUT2D eigenvalue weighted by Crippen LogP contribution is -2.46. The lowest BCUT2D eigenvalue weighted by Gasteiger charge is -2.19. The Bertz CT molecular complexity index is 735. The van der Waals surface area contributed by atoms with E-state index in [4.69, 9.17) is 5.84 Å². The third-order valence-electron chi connectivity index (χ3n) is 3.38. The first-order chi connectivity index (χ1) is 10.8. The van der Waals surface area contributed by atoms with Gasteiger partial charge in [-0.25, -0.2) is 15.6 Å². The molecule has 0 saturated heterocycles. The zero-order valence-electron chi connectivity index (χ0n) is 12.6. The molecule has 2 rings (SSSR count). The lowest BCUT2D eigenvalue weighted by molar-refractivity contribution is -0.130. The van der Waals surface area contributed by atoms with Crippen molar-refractivity contribution in [2.45, 2.75) is 33.0 Å². The van der Waals surface area contributed by atoms with E-state index in [1.807, 2.05) is 32.0 Å². The Balaban J connectivity index is 2.58. The number of aromatic nitrogens is 3. The van der Waals surface area contributed by atoms with Crippen molar-refractivity contribution < 1.29 is 13.2 Å². The molecule has 0 aliphatic rings. The Morgan fingerprint density at radius 1 is 1.22 bits per heavy atom. The van der Waals surface area contributed by atoms with Crippen LogP contribution in [0.5, 0.6) is 0 Å². The topological polar surface area (TPSA) is 77.0 Å². The second-order valence-corrected chi connectivity index (χ2v) is 4.78. The van der Waals surface area contributed by atoms with Crippen LogP contribution < -0.4 is 16.5 Å². The molecule has 2 N–H and O–H groups in total. The highest BCUT2D eigenvalue weighted by Gasteiger charge is 2.37. The van der Waals surface area contributed by atoms with E-state index in [1.54, 1.807) is 0 Å². The molecule has 0 amide bonds. The summed E-state index contributed by atoms with van der Waals surface area (Å²) >= 11 is 0. The van der Waals surface area contributed by atoms with Gasteiger partial charge in [-0.1, -0.05) is 32.0 Å². The number of anilines is 1. The van der Waals surface area contributed by atoms with E-state index >= 15 is 0 Å². The van der Waals surface area contributed by atoms with Crippen molar-refractivity contribution in [3.05, 3.63) is 46.1 Å². The monoisotopic (exact) mass is 327 g/mol. The van der Waals surface area contributed by atoms with E-state index in [0.29, 0.717) is 18.5 Å². The van der Waals surface area contributed by atoms with E-state index in [9.17, 15) is 18.0 Å². The molecule has 0 radical (unpaired) electrons. The molecule has 124 valence electrons. The molecule has 0 spiro atoms. The zero-order chi connectivity index (χ0) is 17.2. The molecule has 23 heavy (non-hydrogen) atoms. The summed E-state index contributed by atoms with van der Waals surface area (Å²) in [6.07, 6.45) is -2.54. The molecule has 1 heterocycles. The fourth-order valence-electron chi connectivity index (χ4n) is 2.23. The van der Waals surface area contributed by atoms with Gasteiger partial charge in [0.1, 0.15) is 6.33 Å². The van der Waals surface area contributed by atoms with Crippen molar-refractivity contribution in [1.82, 2.24) is 14.5 Å². The molecular weight excluding hydrogens is 311 g/mol. The second kappa shape index (κ2) is 6.37. The summed E-state index contributed by atoms with van der Waals surface area (Å²) in [6.45, 7) is 3.84. The van der Waals surface area contributed by atoms with E-state index < -0.39 is 22.9 Å². The number of hydrogen-bond donors (Lipinski definition) is 1. The van der Waals surface area contributed by atoms with Crippen molar-refractivity contribution in [3.63, 3.8) is 0 Å². The molecule has 9 heteroatoms. The Kier molecular flexibility index (Phi) is 4.69. The summed E-state index contributed by atoms with van der Waals surface area (Å²) in [4.78, 5) is 19.1. The Hall–Kier alpha value is -2.42. The van der Waals surface area contributed by atoms with Crippen LogP contribution in [0.15, 0.2) is 29.3 Å². The average Bonchev–Trinajstić information content (AvgIpc) is 2.52. The van der Waals surface area contributed by atoms with Gasteiger partial charge in [-0.3, -0.25) is 4.57 Å². The quantitative estimate of drug-likeness (QED) is 0.528. The highest BCUT2D eigenvalue weighted by atomic mass is 19.4. The molecule has 0 fully saturated rings. The standard InChI is InChI=1S/C14H16F3N5O/c1-3-9-6-5-7-10(4-2)11(9)21-8-19-12(20-13(21)23)22(18)14(15,16)17/h5-8H,3-4,18H2,1-2H3. The summed E-state index contributed by atoms with van der Waals surface area (Å²) in [5.41, 5.74) is 1.49. The first-order valence-corrected chi connectivity index (χ1v) is 6.98. The summed E-state index contributed by atoms with van der Waals surface area (Å²) in [5.74, 6) is 3.98. The number of halogens is 3. The molecular formula is C14H16F3N5O. The van der Waals surface area contributed by atoms with Crippen molar-refractivity contribution in [2.24, 2.45) is 5.84 Å². The van der Waals surface area contributed by atoms with E-state index in [2.05, 4.69) is 9.97 Å². The maximum atomic E-state index is 12.5. The van der Waals surface area contributed by atoms with Gasteiger partial charge in [0.25, 0.3) is 5.95 Å². The largest absolute Gasteiger partial charge is 0.501 e. The number of para-hydroxylation sites is 1. The number of hydrogen-bond acceptors (Lipinski definition) is 5. The molecule has 0 saturated carbocycles. The fourth-order valence-corrected chi connectivity index (χ4v) is 2.23. The van der Waals surface area contributed by atoms with E-state index in [0.717, 1.165) is 22.0 Å². The first-order valence-electron chi connectivity index (χ1n) is 6.98. The van der Waals surface area contributed by atoms with Crippen LogP contribution in [-0.2, 0) is 12.8 Å². The van der Waals surface area contributed by atoms with Gasteiger partial charge in [-0.15, -0.1) is 13.2 Å². The minimum absolute atomic E-state index is 0.592. The van der Waals surface area contributed by atoms with Crippen molar-refractivity contribution >= 4 is 5.95 Å². The molecule has 6 nitrogen and oxygen atoms in total. The van der Waals surface area contributed by atoms with Gasteiger partial charge in [0.2, 0.25) is 0 Å². The predicted octanol–water partition coefficient (Wildman–Crippen LogP) is 1.95. The van der Waals surface area contributed by atoms with Crippen LogP contribution in [0.1, 0.15) is 25.0 Å². The highest BCUT2D eigenvalue weighted by Crippen LogP contribution is 2.22. The molecule has 0 aliphatic heterocycles. The van der Waals surface area contributed by atoms with Crippen LogP contribution in [0.2, 0.25) is 0 Å². The van der Waals surface area contributed by atoms with Crippen LogP contribution in [0.25, 0.3) is 5.69 Å². The summed E-state index contributed by atoms with van der Waals surface area (Å²) in [7, 11) is 0. The normalized spacial score (nSPS) is 11.6. The zero-order valence-corrected chi connectivity index (χ0v) is 12.6. The van der Waals surface area contributed by atoms with Crippen molar-refractivity contribution in [1.29, 1.82) is 0 Å². The number of hydrazine groups is 1. The number of benzene rings is 1. The summed E-state index contributed by atoms with van der Waals surface area (Å²) < 4.78 is 38.8. The second-order valence-electron chi connectivity index (χ2n) is 4.78. The number of aryl methyl sites for hydroxylation is 2.